The standard InChI is InChI=1S/C4H6F4O2S/c5-3(6)4(7,8)1-2-11(9)10/h3,11H,1-2H2. The van der Waals surface area contributed by atoms with Gasteiger partial charge < -0.3 is 0 Å². The van der Waals surface area contributed by atoms with E-state index < -0.39 is 35.2 Å². The summed E-state index contributed by atoms with van der Waals surface area (Å²) in [7, 11) is -3.00. The molecule has 0 saturated heterocycles. The molecule has 0 aromatic rings. The Morgan fingerprint density at radius 2 is 1.73 bits per heavy atom. The van der Waals surface area contributed by atoms with E-state index in [1.165, 1.54) is 0 Å². The predicted molar refractivity (Wildman–Crippen MR) is 30.7 cm³/mol. The maximum Gasteiger partial charge on any atom is 0.308 e. The number of thiol groups is 1. The molecule has 2 nitrogen and oxygen atoms in total. The molecule has 0 amide bonds. The first-order valence-electron chi connectivity index (χ1n) is 2.64. The van der Waals surface area contributed by atoms with Gasteiger partial charge in [-0.05, 0) is 0 Å². The third-order valence-corrected chi connectivity index (χ3v) is 1.54. The average molecular weight is 194 g/mol. The second-order valence-electron chi connectivity index (χ2n) is 1.87. The zero-order valence-corrected chi connectivity index (χ0v) is 6.16. The molecule has 0 aromatic heterocycles. The van der Waals surface area contributed by atoms with Crippen LogP contribution in [0.15, 0.2) is 0 Å². The van der Waals surface area contributed by atoms with Gasteiger partial charge >= 0.3 is 12.3 Å². The zero-order chi connectivity index (χ0) is 9.07. The van der Waals surface area contributed by atoms with E-state index >= 15 is 0 Å². The lowest BCUT2D eigenvalue weighted by atomic mass is 10.3. The first-order chi connectivity index (χ1) is 4.86. The minimum absolute atomic E-state index is 0.910. The zero-order valence-electron chi connectivity index (χ0n) is 5.27. The van der Waals surface area contributed by atoms with Crippen molar-refractivity contribution in [3.05, 3.63) is 0 Å². The van der Waals surface area contributed by atoms with E-state index in [9.17, 15) is 26.0 Å². The van der Waals surface area contributed by atoms with Crippen molar-refractivity contribution < 1.29 is 26.0 Å². The van der Waals surface area contributed by atoms with Crippen LogP contribution in [-0.2, 0) is 10.7 Å². The van der Waals surface area contributed by atoms with Crippen molar-refractivity contribution in [3.63, 3.8) is 0 Å². The highest BCUT2D eigenvalue weighted by Crippen LogP contribution is 2.26. The van der Waals surface area contributed by atoms with Crippen LogP contribution in [0.4, 0.5) is 17.6 Å². The number of alkyl halides is 4. The number of halogens is 4. The molecule has 0 unspecified atom stereocenters. The fraction of sp³-hybridized carbons (Fsp3) is 1.00. The Balaban J connectivity index is 3.92. The summed E-state index contributed by atoms with van der Waals surface area (Å²) in [5.74, 6) is -5.10. The molecule has 0 radical (unpaired) electrons. The van der Waals surface area contributed by atoms with Gasteiger partial charge in [-0.25, -0.2) is 26.0 Å². The summed E-state index contributed by atoms with van der Waals surface area (Å²) in [5, 5.41) is 0. The molecule has 0 fully saturated rings. The fourth-order valence-corrected chi connectivity index (χ4v) is 0.830. The van der Waals surface area contributed by atoms with E-state index in [4.69, 9.17) is 0 Å². The molecule has 0 atom stereocenters. The quantitative estimate of drug-likeness (QED) is 0.532. The predicted octanol–water partition coefficient (Wildman–Crippen LogP) is 0.888. The molecule has 0 rings (SSSR count). The maximum absolute atomic E-state index is 11.9. The van der Waals surface area contributed by atoms with E-state index in [1.807, 2.05) is 0 Å². The lowest BCUT2D eigenvalue weighted by Gasteiger charge is -2.12. The molecular weight excluding hydrogens is 188 g/mol. The molecule has 0 spiro atoms. The summed E-state index contributed by atoms with van der Waals surface area (Å²) in [4.78, 5) is 0. The molecule has 0 saturated carbocycles. The molecule has 0 bridgehead atoms. The van der Waals surface area contributed by atoms with E-state index in [-0.39, 0.29) is 0 Å². The topological polar surface area (TPSA) is 34.1 Å². The lowest BCUT2D eigenvalue weighted by molar-refractivity contribution is -0.129. The van der Waals surface area contributed by atoms with Crippen LogP contribution < -0.4 is 0 Å². The number of hydrogen-bond acceptors (Lipinski definition) is 2. The van der Waals surface area contributed by atoms with Gasteiger partial charge in [-0.15, -0.1) is 0 Å². The van der Waals surface area contributed by atoms with E-state index in [2.05, 4.69) is 0 Å². The van der Waals surface area contributed by atoms with Crippen molar-refractivity contribution in [2.45, 2.75) is 18.8 Å². The Labute approximate surface area is 62.2 Å². The van der Waals surface area contributed by atoms with Gasteiger partial charge in [0.2, 0.25) is 0 Å². The minimum atomic E-state index is -4.19. The largest absolute Gasteiger partial charge is 0.308 e. The maximum atomic E-state index is 11.9. The lowest BCUT2D eigenvalue weighted by Crippen LogP contribution is -2.27. The van der Waals surface area contributed by atoms with Gasteiger partial charge in [-0.2, -0.15) is 0 Å². The summed E-state index contributed by atoms with van der Waals surface area (Å²) in [5.41, 5.74) is 0. The Kier molecular flexibility index (Phi) is 3.77. The Morgan fingerprint density at radius 3 is 2.00 bits per heavy atom. The summed E-state index contributed by atoms with van der Waals surface area (Å²) >= 11 is 0. The Hall–Kier alpha value is -0.330. The van der Waals surface area contributed by atoms with E-state index in [1.54, 1.807) is 0 Å². The van der Waals surface area contributed by atoms with Gasteiger partial charge in [0.1, 0.15) is 10.7 Å². The smallest absolute Gasteiger partial charge is 0.232 e. The van der Waals surface area contributed by atoms with Crippen LogP contribution in [0.25, 0.3) is 0 Å². The van der Waals surface area contributed by atoms with Crippen LogP contribution in [0.2, 0.25) is 0 Å². The molecule has 0 heterocycles. The van der Waals surface area contributed by atoms with Crippen molar-refractivity contribution in [3.8, 4) is 0 Å². The van der Waals surface area contributed by atoms with Crippen molar-refractivity contribution >= 4 is 10.7 Å². The third kappa shape index (κ3) is 4.18. The van der Waals surface area contributed by atoms with Gasteiger partial charge in [0.15, 0.2) is 0 Å². The van der Waals surface area contributed by atoms with Crippen molar-refractivity contribution in [2.75, 3.05) is 5.75 Å². The second-order valence-corrected chi connectivity index (χ2v) is 2.98. The molecule has 0 aliphatic carbocycles. The van der Waals surface area contributed by atoms with Gasteiger partial charge in [0.25, 0.3) is 0 Å². The van der Waals surface area contributed by atoms with Crippen LogP contribution in [0.5, 0.6) is 0 Å². The molecule has 0 aromatic carbocycles. The molecule has 7 heteroatoms. The van der Waals surface area contributed by atoms with Crippen molar-refractivity contribution in [1.29, 1.82) is 0 Å². The normalized spacial score (nSPS) is 12.9. The van der Waals surface area contributed by atoms with Gasteiger partial charge in [-0.3, -0.25) is 0 Å². The Morgan fingerprint density at radius 1 is 1.27 bits per heavy atom. The third-order valence-electron chi connectivity index (χ3n) is 0.947. The monoisotopic (exact) mass is 194 g/mol. The minimum Gasteiger partial charge on any atom is -0.232 e. The van der Waals surface area contributed by atoms with Gasteiger partial charge in [-0.1, -0.05) is 0 Å². The molecule has 11 heavy (non-hydrogen) atoms. The van der Waals surface area contributed by atoms with Crippen molar-refractivity contribution in [2.24, 2.45) is 0 Å². The Bertz CT molecular complexity index is 181. The van der Waals surface area contributed by atoms with E-state index in [0.29, 0.717) is 0 Å². The summed E-state index contributed by atoms with van der Waals surface area (Å²) in [6.07, 6.45) is -5.11. The average Bonchev–Trinajstić information content (AvgIpc) is 1.84. The summed E-state index contributed by atoms with van der Waals surface area (Å²) in [6.45, 7) is 0. The van der Waals surface area contributed by atoms with Gasteiger partial charge in [0.05, 0.1) is 5.75 Å². The van der Waals surface area contributed by atoms with Crippen LogP contribution in [0, 0.1) is 0 Å². The summed E-state index contributed by atoms with van der Waals surface area (Å²) in [6, 6.07) is 0. The van der Waals surface area contributed by atoms with Crippen LogP contribution >= 0.6 is 0 Å². The number of hydrogen-bond donors (Lipinski definition) is 1. The highest BCUT2D eigenvalue weighted by molar-refractivity contribution is 7.72. The van der Waals surface area contributed by atoms with Gasteiger partial charge in [0, 0.05) is 6.42 Å². The SMILES string of the molecule is O=[SH](=O)CCC(F)(F)C(F)F. The van der Waals surface area contributed by atoms with Crippen LogP contribution in [-0.4, -0.2) is 26.5 Å². The van der Waals surface area contributed by atoms with Crippen LogP contribution in [0.1, 0.15) is 6.42 Å². The second kappa shape index (κ2) is 3.89. The van der Waals surface area contributed by atoms with Crippen molar-refractivity contribution in [1.82, 2.24) is 0 Å². The first-order valence-corrected chi connectivity index (χ1v) is 4.00. The first kappa shape index (κ1) is 10.7. The molecule has 0 N–H and O–H groups in total. The number of rotatable bonds is 4. The van der Waals surface area contributed by atoms with Crippen LogP contribution in [0.3, 0.4) is 0 Å². The highest BCUT2D eigenvalue weighted by atomic mass is 32.2. The van der Waals surface area contributed by atoms with E-state index in [0.717, 1.165) is 0 Å². The molecule has 0 aliphatic rings. The highest BCUT2D eigenvalue weighted by Gasteiger charge is 2.40. The fourth-order valence-electron chi connectivity index (χ4n) is 0.349. The molecular formula is C4H6F4O2S. The molecule has 68 valence electrons. The molecule has 0 aliphatic heterocycles. The summed E-state index contributed by atoms with van der Waals surface area (Å²) < 4.78 is 65.9.